The number of nitrogens with zero attached hydrogens (tertiary/aromatic N) is 4. The normalized spacial score (nSPS) is 23.3. The first kappa shape index (κ1) is 70.9. The lowest BCUT2D eigenvalue weighted by Crippen LogP contribution is -2.23. The molecule has 4 heterocycles. The van der Waals surface area contributed by atoms with Crippen LogP contribution in [0.5, 0.6) is 0 Å². The van der Waals surface area contributed by atoms with Gasteiger partial charge in [-0.15, -0.1) is 45.3 Å². The van der Waals surface area contributed by atoms with E-state index >= 15 is 8.78 Å². The van der Waals surface area contributed by atoms with Gasteiger partial charge in [0.2, 0.25) is 11.3 Å². The Hall–Kier alpha value is -8.93. The molecule has 0 spiro atoms. The van der Waals surface area contributed by atoms with Crippen molar-refractivity contribution in [3.05, 3.63) is 282 Å². The van der Waals surface area contributed by atoms with E-state index in [2.05, 4.69) is 60.1 Å². The van der Waals surface area contributed by atoms with Gasteiger partial charge in [0.25, 0.3) is 0 Å². The Balaban J connectivity index is 0.000000127. The maximum atomic E-state index is 15.7. The summed E-state index contributed by atoms with van der Waals surface area (Å²) in [4.78, 5) is 70.2. The zero-order chi connectivity index (χ0) is 70.2. The van der Waals surface area contributed by atoms with Crippen molar-refractivity contribution in [1.82, 2.24) is 19.9 Å². The highest BCUT2D eigenvalue weighted by Crippen LogP contribution is 2.69. The molecular formula is C78H66BrF5N4O8S4. The molecule has 100 heavy (non-hydrogen) atoms. The van der Waals surface area contributed by atoms with Crippen molar-refractivity contribution in [2.75, 3.05) is 26.4 Å². The minimum absolute atomic E-state index is 0.0790. The van der Waals surface area contributed by atoms with Gasteiger partial charge in [-0.3, -0.25) is 9.59 Å². The lowest BCUT2D eigenvalue weighted by molar-refractivity contribution is -0.152. The van der Waals surface area contributed by atoms with Crippen molar-refractivity contribution < 1.29 is 60.1 Å². The van der Waals surface area contributed by atoms with Crippen molar-refractivity contribution in [3.8, 4) is 31.7 Å². The number of carbonyl (C=O) groups is 4. The van der Waals surface area contributed by atoms with Gasteiger partial charge in [-0.2, -0.15) is 0 Å². The molecule has 0 saturated heterocycles. The first-order chi connectivity index (χ1) is 48.5. The van der Waals surface area contributed by atoms with E-state index in [1.165, 1.54) is 64.6 Å². The Labute approximate surface area is 599 Å². The fourth-order valence-corrected chi connectivity index (χ4v) is 18.0. The second-order valence-electron chi connectivity index (χ2n) is 23.9. The number of carbonyl (C=O) groups excluding carboxylic acids is 4. The molecule has 12 atom stereocenters. The molecule has 12 nitrogen and oxygen atoms in total. The summed E-state index contributed by atoms with van der Waals surface area (Å²) in [7, 11) is 0. The zero-order valence-corrected chi connectivity index (χ0v) is 59.2. The Bertz CT molecular complexity index is 4440. The number of rotatable bonds is 19. The molecule has 4 aliphatic carbocycles. The van der Waals surface area contributed by atoms with E-state index in [0.717, 1.165) is 52.1 Å². The van der Waals surface area contributed by atoms with Gasteiger partial charge in [0.1, 0.15) is 32.5 Å². The zero-order valence-electron chi connectivity index (χ0n) is 54.3. The highest BCUT2D eigenvalue weighted by atomic mass is 79.9. The highest BCUT2D eigenvalue weighted by Gasteiger charge is 2.75. The number of ether oxygens (including phenoxy) is 4. The number of hydrogen-bond donors (Lipinski definition) is 0. The van der Waals surface area contributed by atoms with E-state index in [4.69, 9.17) is 18.9 Å². The first-order valence-electron chi connectivity index (χ1n) is 32.5. The van der Waals surface area contributed by atoms with Crippen LogP contribution in [0.2, 0.25) is 0 Å². The first-order valence-corrected chi connectivity index (χ1v) is 36.6. The van der Waals surface area contributed by atoms with Gasteiger partial charge in [0.05, 0.1) is 50.1 Å². The van der Waals surface area contributed by atoms with E-state index < -0.39 is 46.9 Å². The van der Waals surface area contributed by atoms with Crippen LogP contribution in [-0.2, 0) is 38.1 Å². The molecule has 4 aliphatic rings. The molecule has 4 fully saturated rings. The number of aromatic nitrogens is 4. The maximum absolute atomic E-state index is 15.7. The molecule has 7 aromatic carbocycles. The molecule has 15 rings (SSSR count). The van der Waals surface area contributed by atoms with E-state index in [1.807, 2.05) is 123 Å². The van der Waals surface area contributed by atoms with Crippen LogP contribution < -0.4 is 0 Å². The molecule has 22 heteroatoms. The fourth-order valence-electron chi connectivity index (χ4n) is 13.1. The topological polar surface area (TPSA) is 157 Å². The van der Waals surface area contributed by atoms with E-state index in [-0.39, 0.29) is 78.1 Å². The number of esters is 4. The summed E-state index contributed by atoms with van der Waals surface area (Å²) in [6, 6.07) is 56.8. The van der Waals surface area contributed by atoms with Crippen molar-refractivity contribution in [2.45, 2.75) is 86.4 Å². The third kappa shape index (κ3) is 15.2. The lowest BCUT2D eigenvalue weighted by atomic mass is 10.1. The molecule has 4 aromatic heterocycles. The fraction of sp³-hybridized carbons (Fsp3) is 0.256. The highest BCUT2D eigenvalue weighted by molar-refractivity contribution is 9.11. The Morgan fingerprint density at radius 2 is 0.660 bits per heavy atom. The summed E-state index contributed by atoms with van der Waals surface area (Å²) in [5.41, 5.74) is 2.06. The Morgan fingerprint density at radius 3 is 0.970 bits per heavy atom. The van der Waals surface area contributed by atoms with Crippen LogP contribution in [-0.4, -0.2) is 81.6 Å². The summed E-state index contributed by atoms with van der Waals surface area (Å²) in [6.07, 6.45) is 6.90. The average molecular weight is 1490 g/mol. The predicted molar refractivity (Wildman–Crippen MR) is 381 cm³/mol. The summed E-state index contributed by atoms with van der Waals surface area (Å²) in [5, 5.41) is 2.16. The molecule has 0 bridgehead atoms. The largest absolute Gasteiger partial charge is 0.466 e. The van der Waals surface area contributed by atoms with Gasteiger partial charge in [-0.25, -0.2) is 51.5 Å². The van der Waals surface area contributed by atoms with Crippen LogP contribution in [0.4, 0.5) is 22.0 Å². The average Bonchev–Trinajstić information content (AvgIpc) is 1.53. The van der Waals surface area contributed by atoms with Crippen molar-refractivity contribution in [2.24, 2.45) is 11.8 Å². The van der Waals surface area contributed by atoms with Gasteiger partial charge < -0.3 is 18.9 Å². The van der Waals surface area contributed by atoms with Gasteiger partial charge in [-0.1, -0.05) is 121 Å². The molecule has 11 aromatic rings. The maximum Gasteiger partial charge on any atom is 0.345 e. The standard InChI is InChI=1S/2C21H17F2NO2S.C21H18FNO2S.C15H14BrNO2S/c2*1-2-26-20(25)21(23)17(13-6-4-3-5-7-13)18(21)16-12-24-19(27-16)14-8-10-15(22)11-9-14;1-2-25-21(24)19-17(13-6-4-3-5-7-13)18(19)16-12-23-20(26-16)14-8-10-15(22)11-9-14;1-2-19-14(18)13-11(9-6-4-3-5-7-9)12(13)10-8-17-15(16)20-10/h2*3-12,17-18H,2H2,1H3;3-12,17-19H,2H2,1H3;3-8,11-13H,2H2,1H3/t2*17-,18-,21+;17-,18-,19-;11-,12-,13-/m1111/s1. The lowest BCUT2D eigenvalue weighted by Gasteiger charge is -2.07. The second kappa shape index (κ2) is 31.3. The monoisotopic (exact) mass is 1490 g/mol. The number of alkyl halides is 2. The van der Waals surface area contributed by atoms with E-state index in [1.54, 1.807) is 85.3 Å². The van der Waals surface area contributed by atoms with E-state index in [9.17, 15) is 32.3 Å². The summed E-state index contributed by atoms with van der Waals surface area (Å²) >= 11 is 9.17. The van der Waals surface area contributed by atoms with Gasteiger partial charge in [0.15, 0.2) is 3.92 Å². The van der Waals surface area contributed by atoms with Crippen molar-refractivity contribution in [3.63, 3.8) is 0 Å². The van der Waals surface area contributed by atoms with Gasteiger partial charge in [0, 0.05) is 96.5 Å². The number of hydrogen-bond acceptors (Lipinski definition) is 16. The van der Waals surface area contributed by atoms with E-state index in [0.29, 0.717) is 33.0 Å². The smallest absolute Gasteiger partial charge is 0.345 e. The molecule has 4 saturated carbocycles. The summed E-state index contributed by atoms with van der Waals surface area (Å²) < 4.78 is 92.1. The van der Waals surface area contributed by atoms with Gasteiger partial charge in [-0.05, 0) is 139 Å². The molecule has 0 radical (unpaired) electrons. The Kier molecular flexibility index (Phi) is 22.2. The quantitative estimate of drug-likeness (QED) is 0.0429. The van der Waals surface area contributed by atoms with Crippen molar-refractivity contribution >= 4 is 85.2 Å². The molecule has 0 aliphatic heterocycles. The summed E-state index contributed by atoms with van der Waals surface area (Å²) in [5.74, 6) is -4.93. The molecule has 0 N–H and O–H groups in total. The minimum Gasteiger partial charge on any atom is -0.466 e. The van der Waals surface area contributed by atoms with Crippen LogP contribution in [0.15, 0.2) is 223 Å². The molecule has 512 valence electrons. The van der Waals surface area contributed by atoms with Crippen LogP contribution in [0.1, 0.15) is 117 Å². The number of halogens is 6. The summed E-state index contributed by atoms with van der Waals surface area (Å²) in [6.45, 7) is 8.06. The minimum atomic E-state index is -2.09. The number of benzene rings is 7. The predicted octanol–water partition coefficient (Wildman–Crippen LogP) is 19.2. The third-order valence-corrected chi connectivity index (χ3v) is 22.9. The van der Waals surface area contributed by atoms with Crippen LogP contribution in [0.3, 0.4) is 0 Å². The second-order valence-corrected chi connectivity index (χ2v) is 29.5. The molecule has 0 amide bonds. The molecular weight excluding hydrogens is 1420 g/mol. The third-order valence-electron chi connectivity index (χ3n) is 17.9. The van der Waals surface area contributed by atoms with Crippen molar-refractivity contribution in [1.29, 1.82) is 0 Å². The SMILES string of the molecule is CCOC(=O)[C@@H]1[C@H](c2ccccc2)[C@H]1c1cnc(-c2ccc(F)cc2)s1.CCOC(=O)[C@@H]1[C@H](c2ccccc2)[C@H]1c1cnc(Br)s1.CCOC(=O)[C@]1(F)[C@H](c2ccccc2)[C@H]1c1cnc(-c2ccc(F)cc2)s1.CCOC(=O)[C@]1(F)[C@H](c2ccccc2)[C@H]1c1cnc(-c2ccc(F)cc2)s1. The number of thiazole rings is 4. The van der Waals surface area contributed by atoms with Crippen LogP contribution in [0.25, 0.3) is 31.7 Å². The van der Waals surface area contributed by atoms with Gasteiger partial charge >= 0.3 is 23.9 Å². The van der Waals surface area contributed by atoms with Crippen LogP contribution >= 0.6 is 61.3 Å². The Morgan fingerprint density at radius 1 is 0.370 bits per heavy atom. The van der Waals surface area contributed by atoms with Crippen LogP contribution in [0, 0.1) is 29.3 Å². The molecule has 0 unspecified atom stereocenters.